The molecule has 6 nitrogen and oxygen atoms in total. The molecule has 0 saturated carbocycles. The van der Waals surface area contributed by atoms with Crippen LogP contribution in [0, 0.1) is 22.9 Å². The molecule has 0 aliphatic rings. The number of nitro benzene ring substituents is 1. The van der Waals surface area contributed by atoms with E-state index in [9.17, 15) is 14.5 Å². The van der Waals surface area contributed by atoms with Gasteiger partial charge in [-0.1, -0.05) is 0 Å². The molecule has 0 bridgehead atoms. The molecular formula is C14H14FN3O3. The first-order valence-electron chi connectivity index (χ1n) is 6.14. The Bertz CT molecular complexity index is 677. The van der Waals surface area contributed by atoms with Crippen LogP contribution >= 0.6 is 0 Å². The van der Waals surface area contributed by atoms with Crippen molar-refractivity contribution in [3.8, 4) is 5.75 Å². The third-order valence-electron chi connectivity index (χ3n) is 2.98. The molecule has 0 heterocycles. The van der Waals surface area contributed by atoms with Crippen molar-refractivity contribution in [1.29, 1.82) is 0 Å². The summed E-state index contributed by atoms with van der Waals surface area (Å²) in [4.78, 5) is 10.3. The lowest BCUT2D eigenvalue weighted by molar-refractivity contribution is -0.384. The molecule has 3 N–H and O–H groups in total. The van der Waals surface area contributed by atoms with Gasteiger partial charge in [0.15, 0.2) is 0 Å². The van der Waals surface area contributed by atoms with Gasteiger partial charge in [-0.05, 0) is 36.8 Å². The Balaban J connectivity index is 2.22. The first-order valence-corrected chi connectivity index (χ1v) is 6.14. The minimum Gasteiger partial charge on any atom is -0.489 e. The van der Waals surface area contributed by atoms with E-state index in [1.54, 1.807) is 6.92 Å². The molecule has 2 rings (SSSR count). The highest BCUT2D eigenvalue weighted by molar-refractivity contribution is 5.55. The summed E-state index contributed by atoms with van der Waals surface area (Å²) >= 11 is 0. The van der Waals surface area contributed by atoms with Crippen molar-refractivity contribution in [2.45, 2.75) is 13.5 Å². The van der Waals surface area contributed by atoms with E-state index in [0.717, 1.165) is 0 Å². The second kappa shape index (κ2) is 6.19. The predicted molar refractivity (Wildman–Crippen MR) is 76.4 cm³/mol. The lowest BCUT2D eigenvalue weighted by atomic mass is 10.1. The second-order valence-corrected chi connectivity index (χ2v) is 4.44. The number of nitrogens with zero attached hydrogens (tertiary/aromatic N) is 1. The van der Waals surface area contributed by atoms with E-state index in [1.807, 2.05) is 0 Å². The monoisotopic (exact) mass is 291 g/mol. The van der Waals surface area contributed by atoms with Crippen molar-refractivity contribution >= 4 is 11.4 Å². The molecule has 21 heavy (non-hydrogen) atoms. The van der Waals surface area contributed by atoms with Crippen LogP contribution in [0.25, 0.3) is 0 Å². The molecule has 7 heteroatoms. The van der Waals surface area contributed by atoms with Gasteiger partial charge in [0.1, 0.15) is 18.2 Å². The van der Waals surface area contributed by atoms with Crippen molar-refractivity contribution in [3.63, 3.8) is 0 Å². The van der Waals surface area contributed by atoms with Crippen LogP contribution in [0.1, 0.15) is 11.1 Å². The average Bonchev–Trinajstić information content (AvgIpc) is 2.46. The maximum absolute atomic E-state index is 13.0. The number of halogens is 1. The number of rotatable bonds is 5. The van der Waals surface area contributed by atoms with Crippen LogP contribution in [0.4, 0.5) is 15.8 Å². The number of nitrogens with two attached hydrogens (primary N) is 1. The Morgan fingerprint density at radius 2 is 2.10 bits per heavy atom. The molecule has 0 atom stereocenters. The number of ether oxygens (including phenoxy) is 1. The summed E-state index contributed by atoms with van der Waals surface area (Å²) in [6, 6.07) is 8.39. The van der Waals surface area contributed by atoms with E-state index in [0.29, 0.717) is 22.6 Å². The van der Waals surface area contributed by atoms with E-state index in [1.165, 1.54) is 36.4 Å². The summed E-state index contributed by atoms with van der Waals surface area (Å²) in [7, 11) is 0. The van der Waals surface area contributed by atoms with E-state index in [4.69, 9.17) is 10.6 Å². The smallest absolute Gasteiger partial charge is 0.269 e. The third kappa shape index (κ3) is 3.46. The number of nitro groups is 1. The van der Waals surface area contributed by atoms with Gasteiger partial charge in [-0.15, -0.1) is 0 Å². The quantitative estimate of drug-likeness (QED) is 0.502. The highest BCUT2D eigenvalue weighted by atomic mass is 19.1. The average molecular weight is 291 g/mol. The molecule has 0 spiro atoms. The van der Waals surface area contributed by atoms with Crippen LogP contribution in [0.3, 0.4) is 0 Å². The van der Waals surface area contributed by atoms with Crippen molar-refractivity contribution in [2.75, 3.05) is 5.43 Å². The molecular weight excluding hydrogens is 277 g/mol. The summed E-state index contributed by atoms with van der Waals surface area (Å²) in [5, 5.41) is 10.8. The minimum absolute atomic E-state index is 0.0524. The third-order valence-corrected chi connectivity index (χ3v) is 2.98. The highest BCUT2D eigenvalue weighted by Crippen LogP contribution is 2.25. The normalized spacial score (nSPS) is 10.2. The second-order valence-electron chi connectivity index (χ2n) is 4.44. The minimum atomic E-state index is -0.493. The molecule has 0 amide bonds. The Morgan fingerprint density at radius 3 is 2.71 bits per heavy atom. The zero-order valence-electron chi connectivity index (χ0n) is 11.3. The van der Waals surface area contributed by atoms with E-state index in [-0.39, 0.29) is 18.1 Å². The fourth-order valence-corrected chi connectivity index (χ4v) is 1.88. The number of non-ortho nitro benzene ring substituents is 1. The van der Waals surface area contributed by atoms with Gasteiger partial charge in [0, 0.05) is 17.7 Å². The molecule has 0 aliphatic carbocycles. The van der Waals surface area contributed by atoms with Crippen LogP contribution in [0.5, 0.6) is 5.75 Å². The number of anilines is 1. The van der Waals surface area contributed by atoms with Crippen molar-refractivity contribution < 1.29 is 14.1 Å². The van der Waals surface area contributed by atoms with Gasteiger partial charge in [0.05, 0.1) is 10.6 Å². The zero-order chi connectivity index (χ0) is 15.4. The van der Waals surface area contributed by atoms with Gasteiger partial charge in [0.2, 0.25) is 0 Å². The molecule has 0 saturated heterocycles. The first-order chi connectivity index (χ1) is 10.0. The standard InChI is InChI=1S/C14H14FN3O3/c1-9-6-11(15)2-5-14(9)21-8-10-7-12(18(19)20)3-4-13(10)17-16/h2-7,17H,8,16H2,1H3. The fraction of sp³-hybridized carbons (Fsp3) is 0.143. The fourth-order valence-electron chi connectivity index (χ4n) is 1.88. The lowest BCUT2D eigenvalue weighted by Crippen LogP contribution is -2.11. The molecule has 0 aromatic heterocycles. The Morgan fingerprint density at radius 1 is 1.33 bits per heavy atom. The predicted octanol–water partition coefficient (Wildman–Crippen LogP) is 2.91. The summed E-state index contributed by atoms with van der Waals surface area (Å²) < 4.78 is 18.6. The Hall–Kier alpha value is -2.67. The molecule has 0 radical (unpaired) electrons. The molecule has 0 unspecified atom stereocenters. The van der Waals surface area contributed by atoms with E-state index >= 15 is 0 Å². The molecule has 0 fully saturated rings. The number of hydrogen-bond donors (Lipinski definition) is 2. The van der Waals surface area contributed by atoms with Gasteiger partial charge in [-0.2, -0.15) is 0 Å². The lowest BCUT2D eigenvalue weighted by Gasteiger charge is -2.12. The van der Waals surface area contributed by atoms with Crippen LogP contribution in [-0.4, -0.2) is 4.92 Å². The zero-order valence-corrected chi connectivity index (χ0v) is 11.3. The van der Waals surface area contributed by atoms with Crippen LogP contribution in [0.2, 0.25) is 0 Å². The van der Waals surface area contributed by atoms with Crippen molar-refractivity contribution in [1.82, 2.24) is 0 Å². The van der Waals surface area contributed by atoms with Crippen LogP contribution < -0.4 is 16.0 Å². The summed E-state index contributed by atoms with van der Waals surface area (Å²) in [6.07, 6.45) is 0. The number of nitrogen functional groups attached to an aromatic ring is 1. The van der Waals surface area contributed by atoms with Gasteiger partial charge >= 0.3 is 0 Å². The number of hydrazine groups is 1. The summed E-state index contributed by atoms with van der Waals surface area (Å²) in [5.41, 5.74) is 4.11. The molecule has 2 aromatic rings. The maximum atomic E-state index is 13.0. The summed E-state index contributed by atoms with van der Waals surface area (Å²) in [5.74, 6) is 5.53. The number of benzene rings is 2. The van der Waals surface area contributed by atoms with Gasteiger partial charge in [0.25, 0.3) is 5.69 Å². The Labute approximate surface area is 120 Å². The topological polar surface area (TPSA) is 90.4 Å². The van der Waals surface area contributed by atoms with Gasteiger partial charge in [-0.3, -0.25) is 16.0 Å². The van der Waals surface area contributed by atoms with Gasteiger partial charge in [-0.25, -0.2) is 4.39 Å². The summed E-state index contributed by atoms with van der Waals surface area (Å²) in [6.45, 7) is 1.79. The van der Waals surface area contributed by atoms with E-state index < -0.39 is 4.92 Å². The largest absolute Gasteiger partial charge is 0.489 e. The maximum Gasteiger partial charge on any atom is 0.269 e. The van der Waals surface area contributed by atoms with Crippen molar-refractivity contribution in [2.24, 2.45) is 5.84 Å². The first kappa shape index (κ1) is 14.7. The van der Waals surface area contributed by atoms with Crippen molar-refractivity contribution in [3.05, 3.63) is 63.5 Å². The number of aryl methyl sites for hydroxylation is 1. The van der Waals surface area contributed by atoms with Crippen LogP contribution in [0.15, 0.2) is 36.4 Å². The SMILES string of the molecule is Cc1cc(F)ccc1OCc1cc([N+](=O)[O-])ccc1NN. The molecule has 2 aromatic carbocycles. The molecule has 0 aliphatic heterocycles. The van der Waals surface area contributed by atoms with Gasteiger partial charge < -0.3 is 10.2 Å². The Kier molecular flexibility index (Phi) is 4.34. The van der Waals surface area contributed by atoms with Crippen LogP contribution in [-0.2, 0) is 6.61 Å². The highest BCUT2D eigenvalue weighted by Gasteiger charge is 2.11. The number of hydrogen-bond acceptors (Lipinski definition) is 5. The molecule has 110 valence electrons. The number of nitrogens with one attached hydrogen (secondary N) is 1. The van der Waals surface area contributed by atoms with E-state index in [2.05, 4.69) is 5.43 Å².